The average Bonchev–Trinajstić information content (AvgIpc) is 2.71. The number of halogens is 1. The number of hydrogen-bond donors (Lipinski definition) is 0. The van der Waals surface area contributed by atoms with E-state index >= 15 is 0 Å². The summed E-state index contributed by atoms with van der Waals surface area (Å²) in [7, 11) is 0. The van der Waals surface area contributed by atoms with Gasteiger partial charge in [-0.05, 0) is 30.2 Å². The van der Waals surface area contributed by atoms with Crippen LogP contribution in [0.25, 0.3) is 16.4 Å². The SMILES string of the molecule is CC(C)Cc1ncc2ccc3cc(F)ccc3n12. The first-order valence-corrected chi connectivity index (χ1v) is 6.20. The van der Waals surface area contributed by atoms with Crippen LogP contribution >= 0.6 is 0 Å². The Kier molecular flexibility index (Phi) is 2.54. The fourth-order valence-corrected chi connectivity index (χ4v) is 2.35. The minimum Gasteiger partial charge on any atom is -0.296 e. The highest BCUT2D eigenvalue weighted by molar-refractivity contribution is 5.82. The van der Waals surface area contributed by atoms with E-state index in [1.807, 2.05) is 24.4 Å². The monoisotopic (exact) mass is 242 g/mol. The molecule has 2 heterocycles. The van der Waals surface area contributed by atoms with Crippen molar-refractivity contribution < 1.29 is 4.39 Å². The molecular formula is C15H15FN2. The Balaban J connectivity index is 2.33. The van der Waals surface area contributed by atoms with Crippen LogP contribution in [0, 0.1) is 11.7 Å². The van der Waals surface area contributed by atoms with Crippen molar-refractivity contribution in [3.63, 3.8) is 0 Å². The minimum atomic E-state index is -0.202. The van der Waals surface area contributed by atoms with Crippen molar-refractivity contribution in [3.8, 4) is 0 Å². The molecule has 0 amide bonds. The largest absolute Gasteiger partial charge is 0.296 e. The second-order valence-electron chi connectivity index (χ2n) is 5.07. The van der Waals surface area contributed by atoms with Gasteiger partial charge in [-0.2, -0.15) is 0 Å². The number of fused-ring (bicyclic) bond motifs is 3. The van der Waals surface area contributed by atoms with Crippen molar-refractivity contribution >= 4 is 16.4 Å². The van der Waals surface area contributed by atoms with Crippen molar-refractivity contribution in [2.24, 2.45) is 5.92 Å². The lowest BCUT2D eigenvalue weighted by Gasteiger charge is -2.08. The summed E-state index contributed by atoms with van der Waals surface area (Å²) in [5.41, 5.74) is 2.08. The quantitative estimate of drug-likeness (QED) is 0.667. The molecule has 3 heteroatoms. The van der Waals surface area contributed by atoms with E-state index in [0.29, 0.717) is 5.92 Å². The second kappa shape index (κ2) is 4.09. The molecule has 0 unspecified atom stereocenters. The summed E-state index contributed by atoms with van der Waals surface area (Å²) in [5.74, 6) is 1.39. The van der Waals surface area contributed by atoms with Crippen LogP contribution in [0.3, 0.4) is 0 Å². The Bertz CT molecular complexity index is 713. The lowest BCUT2D eigenvalue weighted by atomic mass is 10.1. The van der Waals surface area contributed by atoms with Gasteiger partial charge in [0.25, 0.3) is 0 Å². The maximum absolute atomic E-state index is 13.2. The van der Waals surface area contributed by atoms with Crippen LogP contribution in [0.15, 0.2) is 36.5 Å². The number of pyridine rings is 1. The molecule has 1 aromatic carbocycles. The van der Waals surface area contributed by atoms with Crippen molar-refractivity contribution in [2.75, 3.05) is 0 Å². The third-order valence-corrected chi connectivity index (χ3v) is 3.12. The van der Waals surface area contributed by atoms with E-state index < -0.39 is 0 Å². The maximum atomic E-state index is 13.2. The molecule has 2 aromatic heterocycles. The number of aromatic nitrogens is 2. The van der Waals surface area contributed by atoms with Gasteiger partial charge in [0, 0.05) is 11.8 Å². The molecule has 0 aliphatic heterocycles. The summed E-state index contributed by atoms with van der Waals surface area (Å²) in [6.07, 6.45) is 2.80. The van der Waals surface area contributed by atoms with Gasteiger partial charge in [0.2, 0.25) is 0 Å². The zero-order valence-corrected chi connectivity index (χ0v) is 10.5. The summed E-state index contributed by atoms with van der Waals surface area (Å²) in [4.78, 5) is 4.48. The molecule has 0 bridgehead atoms. The van der Waals surface area contributed by atoms with Gasteiger partial charge in [-0.3, -0.25) is 4.40 Å². The van der Waals surface area contributed by atoms with E-state index in [0.717, 1.165) is 28.7 Å². The summed E-state index contributed by atoms with van der Waals surface area (Å²) >= 11 is 0. The molecule has 0 spiro atoms. The van der Waals surface area contributed by atoms with Gasteiger partial charge >= 0.3 is 0 Å². The van der Waals surface area contributed by atoms with Gasteiger partial charge in [-0.25, -0.2) is 9.37 Å². The van der Waals surface area contributed by atoms with E-state index in [2.05, 4.69) is 23.2 Å². The lowest BCUT2D eigenvalue weighted by molar-refractivity contribution is 0.620. The van der Waals surface area contributed by atoms with Gasteiger partial charge < -0.3 is 0 Å². The fraction of sp³-hybridized carbons (Fsp3) is 0.267. The number of hydrogen-bond acceptors (Lipinski definition) is 1. The molecule has 0 aliphatic rings. The van der Waals surface area contributed by atoms with Gasteiger partial charge in [0.1, 0.15) is 11.6 Å². The number of rotatable bonds is 2. The molecule has 0 saturated heterocycles. The summed E-state index contributed by atoms with van der Waals surface area (Å²) in [6, 6.07) is 8.81. The van der Waals surface area contributed by atoms with Crippen LogP contribution in [-0.2, 0) is 6.42 Å². The molecule has 3 rings (SSSR count). The van der Waals surface area contributed by atoms with Crippen LogP contribution < -0.4 is 0 Å². The molecule has 2 nitrogen and oxygen atoms in total. The number of benzene rings is 1. The predicted molar refractivity (Wildman–Crippen MR) is 71.2 cm³/mol. The summed E-state index contributed by atoms with van der Waals surface area (Å²) in [5, 5.41) is 0.908. The molecule has 18 heavy (non-hydrogen) atoms. The Labute approximate surface area is 105 Å². The van der Waals surface area contributed by atoms with Crippen molar-refractivity contribution in [3.05, 3.63) is 48.2 Å². The lowest BCUT2D eigenvalue weighted by Crippen LogP contribution is -2.01. The van der Waals surface area contributed by atoms with E-state index in [9.17, 15) is 4.39 Å². The van der Waals surface area contributed by atoms with Crippen LogP contribution in [0.1, 0.15) is 19.7 Å². The Hall–Kier alpha value is -1.90. The zero-order chi connectivity index (χ0) is 12.7. The van der Waals surface area contributed by atoms with Gasteiger partial charge in [-0.15, -0.1) is 0 Å². The highest BCUT2D eigenvalue weighted by Crippen LogP contribution is 2.21. The van der Waals surface area contributed by atoms with Crippen LogP contribution in [-0.4, -0.2) is 9.38 Å². The molecule has 0 aliphatic carbocycles. The van der Waals surface area contributed by atoms with E-state index in [4.69, 9.17) is 0 Å². The molecule has 0 saturated carbocycles. The maximum Gasteiger partial charge on any atom is 0.123 e. The topological polar surface area (TPSA) is 17.3 Å². The molecule has 0 N–H and O–H groups in total. The fourth-order valence-electron chi connectivity index (χ4n) is 2.35. The normalized spacial score (nSPS) is 11.8. The third-order valence-electron chi connectivity index (χ3n) is 3.12. The summed E-state index contributed by atoms with van der Waals surface area (Å²) in [6.45, 7) is 4.34. The first kappa shape index (κ1) is 11.2. The standard InChI is InChI=1S/C15H15FN2/c1-10(2)7-15-17-9-13-5-3-11-8-12(16)4-6-14(11)18(13)15/h3-6,8-10H,7H2,1-2H3. The van der Waals surface area contributed by atoms with Crippen LogP contribution in [0.5, 0.6) is 0 Å². The Morgan fingerprint density at radius 1 is 1.22 bits per heavy atom. The predicted octanol–water partition coefficient (Wildman–Crippen LogP) is 3.83. The van der Waals surface area contributed by atoms with Crippen LogP contribution in [0.4, 0.5) is 4.39 Å². The third kappa shape index (κ3) is 1.76. The highest BCUT2D eigenvalue weighted by atomic mass is 19.1. The average molecular weight is 242 g/mol. The molecule has 0 atom stereocenters. The van der Waals surface area contributed by atoms with E-state index in [-0.39, 0.29) is 5.82 Å². The molecule has 3 aromatic rings. The first-order valence-electron chi connectivity index (χ1n) is 6.20. The molecule has 0 fully saturated rings. The van der Waals surface area contributed by atoms with Gasteiger partial charge in [0.15, 0.2) is 0 Å². The van der Waals surface area contributed by atoms with Crippen LogP contribution in [0.2, 0.25) is 0 Å². The highest BCUT2D eigenvalue weighted by Gasteiger charge is 2.09. The molecular weight excluding hydrogens is 227 g/mol. The van der Waals surface area contributed by atoms with E-state index in [1.165, 1.54) is 6.07 Å². The summed E-state index contributed by atoms with van der Waals surface area (Å²) < 4.78 is 15.4. The molecule has 0 radical (unpaired) electrons. The number of imidazole rings is 1. The zero-order valence-electron chi connectivity index (χ0n) is 10.5. The van der Waals surface area contributed by atoms with Crippen molar-refractivity contribution in [1.29, 1.82) is 0 Å². The van der Waals surface area contributed by atoms with Gasteiger partial charge in [0.05, 0.1) is 17.2 Å². The van der Waals surface area contributed by atoms with Crippen molar-refractivity contribution in [2.45, 2.75) is 20.3 Å². The van der Waals surface area contributed by atoms with Gasteiger partial charge in [-0.1, -0.05) is 19.9 Å². The van der Waals surface area contributed by atoms with E-state index in [1.54, 1.807) is 6.07 Å². The Morgan fingerprint density at radius 2 is 2.06 bits per heavy atom. The smallest absolute Gasteiger partial charge is 0.123 e. The minimum absolute atomic E-state index is 0.202. The second-order valence-corrected chi connectivity index (χ2v) is 5.07. The Morgan fingerprint density at radius 3 is 2.83 bits per heavy atom. The number of nitrogens with zero attached hydrogens (tertiary/aromatic N) is 2. The van der Waals surface area contributed by atoms with Crippen molar-refractivity contribution in [1.82, 2.24) is 9.38 Å². The first-order chi connectivity index (χ1) is 8.65. The molecule has 92 valence electrons.